The van der Waals surface area contributed by atoms with E-state index in [9.17, 15) is 13.9 Å². The smallest absolute Gasteiger partial charge is 0.251 e. The number of aromatic nitrogens is 5. The maximum atomic E-state index is 14.7. The second-order valence-electron chi connectivity index (χ2n) is 9.96. The Hall–Kier alpha value is -2.60. The number of hydrogen-bond acceptors (Lipinski definition) is 8. The summed E-state index contributed by atoms with van der Waals surface area (Å²) in [6.45, 7) is 1.49. The van der Waals surface area contributed by atoms with Crippen LogP contribution in [0.2, 0.25) is 0 Å². The van der Waals surface area contributed by atoms with Crippen LogP contribution in [-0.2, 0) is 11.2 Å². The first-order valence-corrected chi connectivity index (χ1v) is 12.4. The van der Waals surface area contributed by atoms with Gasteiger partial charge >= 0.3 is 0 Å². The minimum Gasteiger partial charge on any atom is -0.372 e. The molecule has 2 aliphatic heterocycles. The number of halogens is 2. The standard InChI is InChI=1S/C24H29F2N7O2/c25-15-8-22-21(27-9-15)11-29-33(22)23-28-10-19(26)20(31-23)7-14-2-1-3-16(6-14)30-24(34)32-12-17-4-5-18(13-32)35-17/h8-11,14,16-18,24,30,34H,1-7,12-13H2/t14-,16+,17?,18?,24?/m0/s1. The van der Waals surface area contributed by atoms with Crippen LogP contribution in [0.25, 0.3) is 17.0 Å². The molecule has 3 unspecified atom stereocenters. The Balaban J connectivity index is 1.13. The third-order valence-electron chi connectivity index (χ3n) is 7.45. The Morgan fingerprint density at radius 3 is 2.74 bits per heavy atom. The highest BCUT2D eigenvalue weighted by Crippen LogP contribution is 2.30. The number of pyridine rings is 1. The summed E-state index contributed by atoms with van der Waals surface area (Å²) in [5.41, 5.74) is 1.25. The Bertz CT molecular complexity index is 1200. The SMILES string of the molecule is OC(N[C@@H]1CCC[C@H](Cc2nc(-n3ncc4ncc(F)cc43)ncc2F)C1)N1CC2CCC(C1)O2. The average Bonchev–Trinajstić information content (AvgIpc) is 3.42. The lowest BCUT2D eigenvalue weighted by molar-refractivity contribution is -0.116. The summed E-state index contributed by atoms with van der Waals surface area (Å²) < 4.78 is 35.6. The Morgan fingerprint density at radius 2 is 1.91 bits per heavy atom. The molecule has 1 aliphatic carbocycles. The first kappa shape index (κ1) is 22.8. The average molecular weight is 486 g/mol. The number of rotatable bonds is 6. The van der Waals surface area contributed by atoms with E-state index in [0.717, 1.165) is 64.0 Å². The van der Waals surface area contributed by atoms with Gasteiger partial charge in [0.2, 0.25) is 0 Å². The molecule has 2 bridgehead atoms. The molecule has 0 spiro atoms. The molecule has 11 heteroatoms. The van der Waals surface area contributed by atoms with Gasteiger partial charge in [-0.05, 0) is 44.4 Å². The van der Waals surface area contributed by atoms with E-state index >= 15 is 0 Å². The Morgan fingerprint density at radius 1 is 1.09 bits per heavy atom. The number of aliphatic hydroxyl groups is 1. The van der Waals surface area contributed by atoms with Crippen LogP contribution in [0, 0.1) is 17.6 Å². The lowest BCUT2D eigenvalue weighted by Crippen LogP contribution is -2.56. The molecule has 186 valence electrons. The molecule has 2 N–H and O–H groups in total. The Labute approximate surface area is 201 Å². The van der Waals surface area contributed by atoms with E-state index in [1.54, 1.807) is 0 Å². The van der Waals surface area contributed by atoms with E-state index in [2.05, 4.69) is 30.3 Å². The number of fused-ring (bicyclic) bond motifs is 3. The van der Waals surface area contributed by atoms with Crippen molar-refractivity contribution in [2.45, 2.75) is 69.5 Å². The Kier molecular flexibility index (Phi) is 6.17. The third kappa shape index (κ3) is 4.77. The zero-order valence-corrected chi connectivity index (χ0v) is 19.4. The van der Waals surface area contributed by atoms with Gasteiger partial charge in [0.1, 0.15) is 11.3 Å². The summed E-state index contributed by atoms with van der Waals surface area (Å²) in [7, 11) is 0. The predicted molar refractivity (Wildman–Crippen MR) is 122 cm³/mol. The van der Waals surface area contributed by atoms with Crippen LogP contribution >= 0.6 is 0 Å². The number of morpholine rings is 1. The van der Waals surface area contributed by atoms with Crippen molar-refractivity contribution >= 4 is 11.0 Å². The molecule has 0 radical (unpaired) electrons. The second kappa shape index (κ2) is 9.45. The van der Waals surface area contributed by atoms with E-state index in [1.807, 2.05) is 0 Å². The largest absolute Gasteiger partial charge is 0.372 e. The second-order valence-corrected chi connectivity index (χ2v) is 9.96. The van der Waals surface area contributed by atoms with Gasteiger partial charge in [-0.25, -0.2) is 23.7 Å². The van der Waals surface area contributed by atoms with Gasteiger partial charge in [-0.1, -0.05) is 6.42 Å². The number of aliphatic hydroxyl groups excluding tert-OH is 1. The van der Waals surface area contributed by atoms with Gasteiger partial charge in [0.05, 0.1) is 42.0 Å². The van der Waals surface area contributed by atoms with E-state index in [1.165, 1.54) is 16.9 Å². The lowest BCUT2D eigenvalue weighted by Gasteiger charge is -2.38. The number of likely N-dealkylation sites (tertiary alicyclic amines) is 1. The van der Waals surface area contributed by atoms with Crippen molar-refractivity contribution in [3.8, 4) is 5.95 Å². The van der Waals surface area contributed by atoms with Gasteiger partial charge in [0.25, 0.3) is 5.95 Å². The molecule has 2 saturated heterocycles. The molecule has 5 heterocycles. The number of ether oxygens (including phenoxy) is 1. The molecule has 35 heavy (non-hydrogen) atoms. The van der Waals surface area contributed by atoms with E-state index in [-0.39, 0.29) is 30.1 Å². The third-order valence-corrected chi connectivity index (χ3v) is 7.45. The summed E-state index contributed by atoms with van der Waals surface area (Å²) in [6, 6.07) is 1.46. The normalized spacial score (nSPS) is 28.0. The van der Waals surface area contributed by atoms with Gasteiger partial charge in [0, 0.05) is 25.2 Å². The molecule has 9 nitrogen and oxygen atoms in total. The maximum absolute atomic E-state index is 14.7. The summed E-state index contributed by atoms with van der Waals surface area (Å²) in [5, 5.41) is 18.4. The van der Waals surface area contributed by atoms with E-state index < -0.39 is 18.0 Å². The first-order valence-electron chi connectivity index (χ1n) is 12.4. The van der Waals surface area contributed by atoms with E-state index in [4.69, 9.17) is 4.74 Å². The van der Waals surface area contributed by atoms with Crippen LogP contribution in [0.4, 0.5) is 8.78 Å². The summed E-state index contributed by atoms with van der Waals surface area (Å²) in [6.07, 6.45) is 9.86. The van der Waals surface area contributed by atoms with Crippen molar-refractivity contribution in [1.82, 2.24) is 34.9 Å². The fourth-order valence-electron chi connectivity index (χ4n) is 5.74. The highest BCUT2D eigenvalue weighted by Gasteiger charge is 2.37. The van der Waals surface area contributed by atoms with Crippen LogP contribution < -0.4 is 5.32 Å². The van der Waals surface area contributed by atoms with Crippen LogP contribution in [0.1, 0.15) is 44.2 Å². The van der Waals surface area contributed by atoms with E-state index in [0.29, 0.717) is 23.1 Å². The molecule has 3 fully saturated rings. The molecule has 0 aromatic carbocycles. The molecule has 3 aliphatic rings. The highest BCUT2D eigenvalue weighted by atomic mass is 19.1. The molecule has 3 aromatic rings. The minimum atomic E-state index is -0.699. The molecule has 1 saturated carbocycles. The quantitative estimate of drug-likeness (QED) is 0.513. The molecule has 6 rings (SSSR count). The van der Waals surface area contributed by atoms with Crippen molar-refractivity contribution in [2.75, 3.05) is 13.1 Å². The minimum absolute atomic E-state index is 0.151. The van der Waals surface area contributed by atoms with Crippen LogP contribution in [0.15, 0.2) is 24.7 Å². The van der Waals surface area contributed by atoms with Crippen molar-refractivity contribution in [3.63, 3.8) is 0 Å². The van der Waals surface area contributed by atoms with Crippen LogP contribution in [-0.4, -0.2) is 72.4 Å². The van der Waals surface area contributed by atoms with Crippen LogP contribution in [0.3, 0.4) is 0 Å². The van der Waals surface area contributed by atoms with Crippen molar-refractivity contribution in [3.05, 3.63) is 42.0 Å². The van der Waals surface area contributed by atoms with Crippen molar-refractivity contribution < 1.29 is 18.6 Å². The van der Waals surface area contributed by atoms with Crippen molar-refractivity contribution in [2.24, 2.45) is 5.92 Å². The molecule has 5 atom stereocenters. The van der Waals surface area contributed by atoms with Gasteiger partial charge in [0.15, 0.2) is 12.2 Å². The number of hydrogen-bond donors (Lipinski definition) is 2. The van der Waals surface area contributed by atoms with Gasteiger partial charge in [-0.15, -0.1) is 0 Å². The molecule has 0 amide bonds. The summed E-state index contributed by atoms with van der Waals surface area (Å²) >= 11 is 0. The summed E-state index contributed by atoms with van der Waals surface area (Å²) in [5.74, 6) is -0.547. The molecule has 3 aromatic heterocycles. The molecular formula is C24H29F2N7O2. The summed E-state index contributed by atoms with van der Waals surface area (Å²) in [4.78, 5) is 14.6. The maximum Gasteiger partial charge on any atom is 0.251 e. The zero-order valence-electron chi connectivity index (χ0n) is 19.4. The molecular weight excluding hydrogens is 456 g/mol. The zero-order chi connectivity index (χ0) is 23.9. The monoisotopic (exact) mass is 485 g/mol. The number of nitrogens with zero attached hydrogens (tertiary/aromatic N) is 6. The predicted octanol–water partition coefficient (Wildman–Crippen LogP) is 2.32. The first-order chi connectivity index (χ1) is 17.0. The number of nitrogens with one attached hydrogen (secondary N) is 1. The lowest BCUT2D eigenvalue weighted by atomic mass is 9.83. The van der Waals surface area contributed by atoms with Gasteiger partial charge < -0.3 is 9.84 Å². The topological polar surface area (TPSA) is 101 Å². The van der Waals surface area contributed by atoms with Gasteiger partial charge in [-0.3, -0.25) is 10.2 Å². The van der Waals surface area contributed by atoms with Gasteiger partial charge in [-0.2, -0.15) is 9.78 Å². The van der Waals surface area contributed by atoms with Crippen molar-refractivity contribution in [1.29, 1.82) is 0 Å². The highest BCUT2D eigenvalue weighted by molar-refractivity contribution is 5.75. The van der Waals surface area contributed by atoms with Crippen LogP contribution in [0.5, 0.6) is 0 Å². The fraction of sp³-hybridized carbons (Fsp3) is 0.583. The fourth-order valence-corrected chi connectivity index (χ4v) is 5.74.